The predicted molar refractivity (Wildman–Crippen MR) is 62.5 cm³/mol. The molecule has 0 aromatic rings. The lowest BCUT2D eigenvalue weighted by molar-refractivity contribution is 0.236. The number of piperidine rings is 1. The SMILES string of the molecule is CC/C(=C\CNC)C1CCN(C)CC1. The highest BCUT2D eigenvalue weighted by molar-refractivity contribution is 5.08. The maximum atomic E-state index is 3.19. The average molecular weight is 196 g/mol. The van der Waals surface area contributed by atoms with Crippen LogP contribution in [0.1, 0.15) is 26.2 Å². The van der Waals surface area contributed by atoms with Gasteiger partial charge < -0.3 is 10.2 Å². The van der Waals surface area contributed by atoms with Crippen molar-refractivity contribution in [3.05, 3.63) is 11.6 Å². The van der Waals surface area contributed by atoms with Crippen LogP contribution in [0.5, 0.6) is 0 Å². The van der Waals surface area contributed by atoms with Crippen LogP contribution in [0.25, 0.3) is 0 Å². The summed E-state index contributed by atoms with van der Waals surface area (Å²) in [7, 11) is 4.23. The van der Waals surface area contributed by atoms with E-state index in [0.29, 0.717) is 0 Å². The van der Waals surface area contributed by atoms with Crippen LogP contribution >= 0.6 is 0 Å². The molecule has 1 saturated heterocycles. The molecule has 0 unspecified atom stereocenters. The number of hydrogen-bond acceptors (Lipinski definition) is 2. The van der Waals surface area contributed by atoms with Crippen molar-refractivity contribution in [1.82, 2.24) is 10.2 Å². The van der Waals surface area contributed by atoms with Crippen LogP contribution in [0, 0.1) is 5.92 Å². The van der Waals surface area contributed by atoms with Gasteiger partial charge in [0.15, 0.2) is 0 Å². The third-order valence-electron chi connectivity index (χ3n) is 3.22. The Morgan fingerprint density at radius 1 is 1.43 bits per heavy atom. The summed E-state index contributed by atoms with van der Waals surface area (Å²) >= 11 is 0. The fraction of sp³-hybridized carbons (Fsp3) is 0.833. The van der Waals surface area contributed by atoms with Gasteiger partial charge in [-0.2, -0.15) is 0 Å². The third kappa shape index (κ3) is 3.43. The van der Waals surface area contributed by atoms with E-state index in [2.05, 4.69) is 30.3 Å². The van der Waals surface area contributed by atoms with Crippen LogP contribution in [0.3, 0.4) is 0 Å². The quantitative estimate of drug-likeness (QED) is 0.691. The summed E-state index contributed by atoms with van der Waals surface area (Å²) in [5.41, 5.74) is 1.66. The normalized spacial score (nSPS) is 21.5. The molecule has 0 aromatic carbocycles. The van der Waals surface area contributed by atoms with Gasteiger partial charge >= 0.3 is 0 Å². The van der Waals surface area contributed by atoms with E-state index in [1.807, 2.05) is 7.05 Å². The Bertz CT molecular complexity index is 179. The summed E-state index contributed by atoms with van der Waals surface area (Å²) in [5.74, 6) is 0.851. The zero-order chi connectivity index (χ0) is 10.4. The van der Waals surface area contributed by atoms with Crippen molar-refractivity contribution in [3.63, 3.8) is 0 Å². The van der Waals surface area contributed by atoms with Gasteiger partial charge in [0.25, 0.3) is 0 Å². The molecule has 0 radical (unpaired) electrons. The minimum atomic E-state index is 0.851. The highest BCUT2D eigenvalue weighted by Gasteiger charge is 2.18. The maximum absolute atomic E-state index is 3.19. The van der Waals surface area contributed by atoms with Crippen molar-refractivity contribution in [1.29, 1.82) is 0 Å². The molecular formula is C12H24N2. The van der Waals surface area contributed by atoms with Gasteiger partial charge in [-0.3, -0.25) is 0 Å². The van der Waals surface area contributed by atoms with Gasteiger partial charge in [0.05, 0.1) is 0 Å². The lowest BCUT2D eigenvalue weighted by Gasteiger charge is -2.30. The fourth-order valence-corrected chi connectivity index (χ4v) is 2.21. The molecule has 14 heavy (non-hydrogen) atoms. The molecule has 1 N–H and O–H groups in total. The molecular weight excluding hydrogens is 172 g/mol. The topological polar surface area (TPSA) is 15.3 Å². The van der Waals surface area contributed by atoms with Gasteiger partial charge in [-0.1, -0.05) is 18.6 Å². The molecule has 2 nitrogen and oxygen atoms in total. The molecule has 1 fully saturated rings. The van der Waals surface area contributed by atoms with Crippen LogP contribution in [0.2, 0.25) is 0 Å². The van der Waals surface area contributed by atoms with Gasteiger partial charge in [-0.05, 0) is 52.4 Å². The van der Waals surface area contributed by atoms with Crippen molar-refractivity contribution < 1.29 is 0 Å². The molecule has 1 aliphatic heterocycles. The number of hydrogen-bond donors (Lipinski definition) is 1. The summed E-state index contributed by atoms with van der Waals surface area (Å²) < 4.78 is 0. The van der Waals surface area contributed by atoms with E-state index >= 15 is 0 Å². The first kappa shape index (κ1) is 11.7. The molecule has 0 amide bonds. The summed E-state index contributed by atoms with van der Waals surface area (Å²) in [6.45, 7) is 5.83. The number of nitrogens with zero attached hydrogens (tertiary/aromatic N) is 1. The Hall–Kier alpha value is -0.340. The van der Waals surface area contributed by atoms with E-state index in [-0.39, 0.29) is 0 Å². The van der Waals surface area contributed by atoms with Crippen LogP contribution in [0.4, 0.5) is 0 Å². The number of rotatable bonds is 4. The van der Waals surface area contributed by atoms with E-state index in [4.69, 9.17) is 0 Å². The molecule has 2 heteroatoms. The number of likely N-dealkylation sites (tertiary alicyclic amines) is 1. The van der Waals surface area contributed by atoms with Gasteiger partial charge in [0.1, 0.15) is 0 Å². The van der Waals surface area contributed by atoms with Gasteiger partial charge in [0.2, 0.25) is 0 Å². The predicted octanol–water partition coefficient (Wildman–Crippen LogP) is 1.88. The largest absolute Gasteiger partial charge is 0.316 e. The monoisotopic (exact) mass is 196 g/mol. The number of allylic oxidation sites excluding steroid dienone is 1. The molecule has 0 aliphatic carbocycles. The number of nitrogens with one attached hydrogen (secondary N) is 1. The van der Waals surface area contributed by atoms with E-state index in [1.165, 1.54) is 32.4 Å². The summed E-state index contributed by atoms with van der Waals surface area (Å²) in [6, 6.07) is 0. The third-order valence-corrected chi connectivity index (χ3v) is 3.22. The number of likely N-dealkylation sites (N-methyl/N-ethyl adjacent to an activating group) is 1. The first-order valence-corrected chi connectivity index (χ1v) is 5.80. The second-order valence-electron chi connectivity index (χ2n) is 4.27. The molecule has 0 spiro atoms. The first-order valence-electron chi connectivity index (χ1n) is 5.80. The van der Waals surface area contributed by atoms with Gasteiger partial charge in [0, 0.05) is 6.54 Å². The second-order valence-corrected chi connectivity index (χ2v) is 4.27. The van der Waals surface area contributed by atoms with E-state index in [9.17, 15) is 0 Å². The minimum absolute atomic E-state index is 0.851. The highest BCUT2D eigenvalue weighted by atomic mass is 15.1. The molecule has 0 atom stereocenters. The molecule has 0 saturated carbocycles. The van der Waals surface area contributed by atoms with Crippen molar-refractivity contribution in [2.24, 2.45) is 5.92 Å². The highest BCUT2D eigenvalue weighted by Crippen LogP contribution is 2.25. The molecule has 1 heterocycles. The Kier molecular flexibility index (Phi) is 5.20. The lowest BCUT2D eigenvalue weighted by Crippen LogP contribution is -2.31. The van der Waals surface area contributed by atoms with Crippen molar-refractivity contribution in [2.75, 3.05) is 33.7 Å². The van der Waals surface area contributed by atoms with Crippen LogP contribution < -0.4 is 5.32 Å². The summed E-state index contributed by atoms with van der Waals surface area (Å²) in [5, 5.41) is 3.19. The fourth-order valence-electron chi connectivity index (χ4n) is 2.21. The molecule has 1 aliphatic rings. The van der Waals surface area contributed by atoms with Crippen molar-refractivity contribution in [3.8, 4) is 0 Å². The minimum Gasteiger partial charge on any atom is -0.316 e. The van der Waals surface area contributed by atoms with E-state index < -0.39 is 0 Å². The summed E-state index contributed by atoms with van der Waals surface area (Å²) in [4.78, 5) is 2.43. The van der Waals surface area contributed by atoms with Crippen molar-refractivity contribution in [2.45, 2.75) is 26.2 Å². The smallest absolute Gasteiger partial charge is 0.0134 e. The Morgan fingerprint density at radius 3 is 2.57 bits per heavy atom. The summed E-state index contributed by atoms with van der Waals surface area (Å²) in [6.07, 6.45) is 6.30. The second kappa shape index (κ2) is 6.20. The molecule has 0 bridgehead atoms. The van der Waals surface area contributed by atoms with Gasteiger partial charge in [-0.25, -0.2) is 0 Å². The van der Waals surface area contributed by atoms with Crippen LogP contribution in [-0.4, -0.2) is 38.6 Å². The average Bonchev–Trinajstić information content (AvgIpc) is 2.21. The Labute approximate surface area is 88.4 Å². The Balaban J connectivity index is 2.44. The standard InChI is InChI=1S/C12H24N2/c1-4-11(5-8-13-2)12-6-9-14(3)10-7-12/h5,12-13H,4,6-10H2,1-3H3/b11-5+. The molecule has 1 rings (SSSR count). The molecule has 0 aromatic heterocycles. The van der Waals surface area contributed by atoms with Gasteiger partial charge in [-0.15, -0.1) is 0 Å². The first-order chi connectivity index (χ1) is 6.77. The van der Waals surface area contributed by atoms with Crippen LogP contribution in [-0.2, 0) is 0 Å². The molecule has 82 valence electrons. The Morgan fingerprint density at radius 2 is 2.07 bits per heavy atom. The maximum Gasteiger partial charge on any atom is 0.0134 e. The lowest BCUT2D eigenvalue weighted by atomic mass is 9.87. The van der Waals surface area contributed by atoms with Crippen molar-refractivity contribution >= 4 is 0 Å². The van der Waals surface area contributed by atoms with Crippen LogP contribution in [0.15, 0.2) is 11.6 Å². The van der Waals surface area contributed by atoms with E-state index in [0.717, 1.165) is 12.5 Å². The zero-order valence-corrected chi connectivity index (χ0v) is 9.84. The zero-order valence-electron chi connectivity index (χ0n) is 9.84. The van der Waals surface area contributed by atoms with E-state index in [1.54, 1.807) is 5.57 Å².